The van der Waals surface area contributed by atoms with Gasteiger partial charge in [0.25, 0.3) is 0 Å². The molecule has 5 nitrogen and oxygen atoms in total. The van der Waals surface area contributed by atoms with Gasteiger partial charge in [-0.15, -0.1) is 0 Å². The Balaban J connectivity index is 1.77. The van der Waals surface area contributed by atoms with Gasteiger partial charge in [0.2, 0.25) is 0 Å². The van der Waals surface area contributed by atoms with Crippen LogP contribution in [0.4, 0.5) is 0 Å². The highest BCUT2D eigenvalue weighted by atomic mass is 35.5. The standard InChI is InChI=1S/C33H30ClNO4/c1-2-39-33(38)26-13-7-9-15-29(36)31(30(26)23-16-18-24(34)19-17-23)32(37)27-21-35(20-22-10-4-3-5-11-22)28-14-8-6-12-25(27)28/h3-6,8,10-12,14,16-19,21,37H,2,7,9,13,15,20H2,1H3/b30-26+,32-31-. The molecule has 0 bridgehead atoms. The predicted octanol–water partition coefficient (Wildman–Crippen LogP) is 7.77. The lowest BCUT2D eigenvalue weighted by Gasteiger charge is -2.21. The summed E-state index contributed by atoms with van der Waals surface area (Å²) in [7, 11) is 0. The molecule has 0 spiro atoms. The molecule has 39 heavy (non-hydrogen) atoms. The fourth-order valence-corrected chi connectivity index (χ4v) is 5.34. The first kappa shape index (κ1) is 26.5. The maximum Gasteiger partial charge on any atom is 0.334 e. The van der Waals surface area contributed by atoms with Crippen molar-refractivity contribution in [2.45, 2.75) is 39.2 Å². The Kier molecular flexibility index (Phi) is 7.99. The van der Waals surface area contributed by atoms with Crippen molar-refractivity contribution in [1.29, 1.82) is 0 Å². The molecule has 1 N–H and O–H groups in total. The van der Waals surface area contributed by atoms with Crippen LogP contribution in [0.1, 0.15) is 49.3 Å². The van der Waals surface area contributed by atoms with Crippen LogP contribution in [0.2, 0.25) is 5.02 Å². The molecular formula is C33H30ClNO4. The number of aromatic nitrogens is 1. The number of hydrogen-bond donors (Lipinski definition) is 1. The maximum atomic E-state index is 13.8. The first-order valence-electron chi connectivity index (χ1n) is 13.2. The molecule has 0 unspecified atom stereocenters. The van der Waals surface area contributed by atoms with Crippen molar-refractivity contribution in [1.82, 2.24) is 4.57 Å². The van der Waals surface area contributed by atoms with Gasteiger partial charge in [-0.2, -0.15) is 0 Å². The Morgan fingerprint density at radius 1 is 0.949 bits per heavy atom. The number of benzene rings is 3. The summed E-state index contributed by atoms with van der Waals surface area (Å²) in [6.07, 6.45) is 3.88. The lowest BCUT2D eigenvalue weighted by molar-refractivity contribution is -0.138. The van der Waals surface area contributed by atoms with E-state index in [-0.39, 0.29) is 30.1 Å². The van der Waals surface area contributed by atoms with E-state index in [2.05, 4.69) is 16.7 Å². The monoisotopic (exact) mass is 539 g/mol. The van der Waals surface area contributed by atoms with Gasteiger partial charge < -0.3 is 14.4 Å². The maximum absolute atomic E-state index is 13.8. The lowest BCUT2D eigenvalue weighted by Crippen LogP contribution is -2.17. The molecule has 0 fully saturated rings. The molecule has 0 atom stereocenters. The molecule has 1 aromatic heterocycles. The van der Waals surface area contributed by atoms with Crippen molar-refractivity contribution in [3.63, 3.8) is 0 Å². The molecular weight excluding hydrogens is 510 g/mol. The van der Waals surface area contributed by atoms with Gasteiger partial charge in [0.15, 0.2) is 5.78 Å². The molecule has 1 aliphatic carbocycles. The number of nitrogens with zero attached hydrogens (tertiary/aromatic N) is 1. The summed E-state index contributed by atoms with van der Waals surface area (Å²) >= 11 is 6.18. The van der Waals surface area contributed by atoms with Crippen LogP contribution < -0.4 is 0 Å². The number of fused-ring (bicyclic) bond motifs is 1. The Morgan fingerprint density at radius 3 is 2.38 bits per heavy atom. The first-order valence-corrected chi connectivity index (χ1v) is 13.6. The van der Waals surface area contributed by atoms with Crippen LogP contribution in [-0.4, -0.2) is 28.0 Å². The third kappa shape index (κ3) is 5.55. The minimum absolute atomic E-state index is 0.141. The average Bonchev–Trinajstić information content (AvgIpc) is 3.30. The van der Waals surface area contributed by atoms with E-state index in [9.17, 15) is 14.7 Å². The van der Waals surface area contributed by atoms with Crippen molar-refractivity contribution in [3.05, 3.63) is 118 Å². The first-order chi connectivity index (χ1) is 19.0. The molecule has 0 amide bonds. The lowest BCUT2D eigenvalue weighted by atomic mass is 9.83. The molecule has 3 aromatic carbocycles. The van der Waals surface area contributed by atoms with Crippen molar-refractivity contribution in [2.24, 2.45) is 0 Å². The van der Waals surface area contributed by atoms with Crippen LogP contribution in [-0.2, 0) is 20.9 Å². The van der Waals surface area contributed by atoms with E-state index in [1.165, 1.54) is 0 Å². The third-order valence-electron chi connectivity index (χ3n) is 7.04. The minimum atomic E-state index is -0.478. The van der Waals surface area contributed by atoms with Crippen LogP contribution in [0.15, 0.2) is 96.2 Å². The van der Waals surface area contributed by atoms with Gasteiger partial charge in [-0.25, -0.2) is 4.79 Å². The third-order valence-corrected chi connectivity index (χ3v) is 7.29. The van der Waals surface area contributed by atoms with Gasteiger partial charge in [-0.3, -0.25) is 4.79 Å². The van der Waals surface area contributed by atoms with E-state index < -0.39 is 5.97 Å². The highest BCUT2D eigenvalue weighted by molar-refractivity contribution is 6.30. The van der Waals surface area contributed by atoms with Gasteiger partial charge in [0, 0.05) is 51.8 Å². The number of carbonyl (C=O) groups excluding carboxylic acids is 2. The number of para-hydroxylation sites is 1. The summed E-state index contributed by atoms with van der Waals surface area (Å²) in [5.74, 6) is -0.829. The van der Waals surface area contributed by atoms with Crippen LogP contribution in [0.3, 0.4) is 0 Å². The number of esters is 1. The second-order valence-electron chi connectivity index (χ2n) is 9.61. The molecule has 4 aromatic rings. The molecule has 5 rings (SSSR count). The molecule has 6 heteroatoms. The van der Waals surface area contributed by atoms with Crippen molar-refractivity contribution in [3.8, 4) is 0 Å². The molecule has 0 saturated carbocycles. The summed E-state index contributed by atoms with van der Waals surface area (Å²) in [6.45, 7) is 2.57. The van der Waals surface area contributed by atoms with Crippen molar-refractivity contribution < 1.29 is 19.4 Å². The smallest absolute Gasteiger partial charge is 0.334 e. The Labute approximate surface area is 233 Å². The second kappa shape index (κ2) is 11.7. The van der Waals surface area contributed by atoms with Crippen LogP contribution in [0.5, 0.6) is 0 Å². The number of aliphatic hydroxyl groups is 1. The Bertz CT molecular complexity index is 1580. The number of Topliss-reactive ketones (excluding diaryl/α,β-unsaturated/α-hetero) is 1. The number of rotatable bonds is 6. The van der Waals surface area contributed by atoms with Crippen LogP contribution in [0, 0.1) is 0 Å². The molecule has 0 saturated heterocycles. The van der Waals surface area contributed by atoms with E-state index in [0.29, 0.717) is 53.1 Å². The largest absolute Gasteiger partial charge is 0.506 e. The number of carbonyl (C=O) groups is 2. The number of aliphatic hydroxyl groups excluding tert-OH is 1. The highest BCUT2D eigenvalue weighted by Gasteiger charge is 2.30. The Morgan fingerprint density at radius 2 is 1.64 bits per heavy atom. The summed E-state index contributed by atoms with van der Waals surface area (Å²) in [6, 6.07) is 24.9. The molecule has 0 aliphatic heterocycles. The van der Waals surface area contributed by atoms with Crippen molar-refractivity contribution in [2.75, 3.05) is 6.61 Å². The minimum Gasteiger partial charge on any atom is -0.506 e. The van der Waals surface area contributed by atoms with Gasteiger partial charge in [-0.05, 0) is 55.5 Å². The van der Waals surface area contributed by atoms with E-state index >= 15 is 0 Å². The van der Waals surface area contributed by atoms with E-state index in [1.807, 2.05) is 48.7 Å². The number of halogens is 1. The van der Waals surface area contributed by atoms with E-state index in [4.69, 9.17) is 16.3 Å². The topological polar surface area (TPSA) is 68.5 Å². The molecule has 198 valence electrons. The van der Waals surface area contributed by atoms with Crippen molar-refractivity contribution >= 4 is 45.6 Å². The highest BCUT2D eigenvalue weighted by Crippen LogP contribution is 2.39. The fraction of sp³-hybridized carbons (Fsp3) is 0.212. The summed E-state index contributed by atoms with van der Waals surface area (Å²) in [5, 5.41) is 13.3. The fourth-order valence-electron chi connectivity index (χ4n) is 5.22. The van der Waals surface area contributed by atoms with Gasteiger partial charge in [-0.1, -0.05) is 72.3 Å². The zero-order valence-electron chi connectivity index (χ0n) is 21.8. The average molecular weight is 540 g/mol. The molecule has 1 aliphatic rings. The van der Waals surface area contributed by atoms with Gasteiger partial charge in [0.05, 0.1) is 12.2 Å². The van der Waals surface area contributed by atoms with Gasteiger partial charge in [0.1, 0.15) is 5.76 Å². The zero-order valence-corrected chi connectivity index (χ0v) is 22.6. The summed E-state index contributed by atoms with van der Waals surface area (Å²) < 4.78 is 7.49. The number of allylic oxidation sites excluding steroid dienone is 2. The zero-order chi connectivity index (χ0) is 27.4. The SMILES string of the molecule is CCOC(=O)/C1=C(c2ccc(Cl)cc2)/C(=C(\O)c2cn(Cc3ccccc3)c3ccccc23)C(=O)CCCC1. The Hall–Kier alpha value is -4.09. The summed E-state index contributed by atoms with van der Waals surface area (Å²) in [4.78, 5) is 27.0. The number of hydrogen-bond acceptors (Lipinski definition) is 4. The van der Waals surface area contributed by atoms with Crippen LogP contribution >= 0.6 is 11.6 Å². The molecule has 0 radical (unpaired) electrons. The second-order valence-corrected chi connectivity index (χ2v) is 10.0. The molecule has 1 heterocycles. The number of ether oxygens (including phenoxy) is 1. The van der Waals surface area contributed by atoms with Gasteiger partial charge >= 0.3 is 5.97 Å². The van der Waals surface area contributed by atoms with E-state index in [0.717, 1.165) is 16.5 Å². The quantitative estimate of drug-likeness (QED) is 0.154. The normalized spacial score (nSPS) is 17.5. The van der Waals surface area contributed by atoms with E-state index in [1.54, 1.807) is 31.2 Å². The van der Waals surface area contributed by atoms with Crippen LogP contribution in [0.25, 0.3) is 22.2 Å². The number of ketones is 1. The predicted molar refractivity (Wildman–Crippen MR) is 156 cm³/mol. The summed E-state index contributed by atoms with van der Waals surface area (Å²) in [5.41, 5.74) is 4.17.